The number of carbonyl (C=O) groups excluding carboxylic acids is 1. The molecule has 0 unspecified atom stereocenters. The maximum absolute atomic E-state index is 12.1. The summed E-state index contributed by atoms with van der Waals surface area (Å²) in [5.41, 5.74) is 1.40. The van der Waals surface area contributed by atoms with Crippen molar-refractivity contribution in [2.45, 2.75) is 31.2 Å². The average Bonchev–Trinajstić information content (AvgIpc) is 3.19. The van der Waals surface area contributed by atoms with Crippen LogP contribution in [0.25, 0.3) is 10.2 Å². The molecule has 3 heterocycles. The van der Waals surface area contributed by atoms with Crippen LogP contribution in [0.3, 0.4) is 0 Å². The Kier molecular flexibility index (Phi) is 4.51. The summed E-state index contributed by atoms with van der Waals surface area (Å²) < 4.78 is 0. The molecule has 1 amide bonds. The van der Waals surface area contributed by atoms with Gasteiger partial charge in [-0.2, -0.15) is 0 Å². The molecule has 0 aliphatic heterocycles. The van der Waals surface area contributed by atoms with E-state index in [1.807, 2.05) is 5.38 Å². The Hall–Kier alpha value is -1.51. The second-order valence-electron chi connectivity index (χ2n) is 5.88. The van der Waals surface area contributed by atoms with E-state index in [4.69, 9.17) is 0 Å². The maximum Gasteiger partial charge on any atom is 0.236 e. The fraction of sp³-hybridized carbons (Fsp3) is 0.375. The monoisotopic (exact) mass is 376 g/mol. The molecule has 124 valence electrons. The van der Waals surface area contributed by atoms with Crippen molar-refractivity contribution >= 4 is 55.7 Å². The zero-order valence-electron chi connectivity index (χ0n) is 13.1. The highest BCUT2D eigenvalue weighted by molar-refractivity contribution is 8.00. The largest absolute Gasteiger partial charge is 0.301 e. The Balaban J connectivity index is 1.55. The van der Waals surface area contributed by atoms with Crippen molar-refractivity contribution in [2.75, 3.05) is 11.1 Å². The number of thiazole rings is 1. The SMILES string of the molecule is C[C@H]1CCc2c(sc3ncnc(SCC(=O)Nc4nccs4)c23)C1. The summed E-state index contributed by atoms with van der Waals surface area (Å²) in [6.07, 6.45) is 6.71. The number of nitrogens with zero attached hydrogens (tertiary/aromatic N) is 3. The van der Waals surface area contributed by atoms with Gasteiger partial charge in [0.1, 0.15) is 16.2 Å². The van der Waals surface area contributed by atoms with Gasteiger partial charge < -0.3 is 5.32 Å². The van der Waals surface area contributed by atoms with Crippen LogP contribution in [0.5, 0.6) is 0 Å². The Morgan fingerprint density at radius 1 is 1.42 bits per heavy atom. The summed E-state index contributed by atoms with van der Waals surface area (Å²) in [5, 5.41) is 7.37. The van der Waals surface area contributed by atoms with Gasteiger partial charge in [0.05, 0.1) is 5.75 Å². The number of thiophene rings is 1. The molecule has 1 aliphatic carbocycles. The lowest BCUT2D eigenvalue weighted by Gasteiger charge is -2.18. The normalized spacial score (nSPS) is 17.0. The van der Waals surface area contributed by atoms with Gasteiger partial charge in [0, 0.05) is 21.8 Å². The summed E-state index contributed by atoms with van der Waals surface area (Å²) in [4.78, 5) is 27.5. The molecule has 3 aromatic heterocycles. The molecule has 4 rings (SSSR count). The maximum atomic E-state index is 12.1. The fourth-order valence-corrected chi connectivity index (χ4v) is 5.72. The molecule has 24 heavy (non-hydrogen) atoms. The highest BCUT2D eigenvalue weighted by Crippen LogP contribution is 2.40. The smallest absolute Gasteiger partial charge is 0.236 e. The molecule has 0 fully saturated rings. The Morgan fingerprint density at radius 2 is 2.33 bits per heavy atom. The summed E-state index contributed by atoms with van der Waals surface area (Å²) in [5.74, 6) is 1.00. The predicted octanol–water partition coefficient (Wildman–Crippen LogP) is 4.00. The number of hydrogen-bond donors (Lipinski definition) is 1. The van der Waals surface area contributed by atoms with Crippen molar-refractivity contribution in [3.8, 4) is 0 Å². The molecule has 1 atom stereocenters. The first-order chi connectivity index (χ1) is 11.7. The lowest BCUT2D eigenvalue weighted by atomic mass is 9.89. The number of carbonyl (C=O) groups is 1. The van der Waals surface area contributed by atoms with Crippen LogP contribution in [-0.2, 0) is 17.6 Å². The fourth-order valence-electron chi connectivity index (χ4n) is 2.93. The molecular formula is C16H16N4OS3. The minimum atomic E-state index is -0.0561. The van der Waals surface area contributed by atoms with Gasteiger partial charge in [-0.05, 0) is 30.7 Å². The van der Waals surface area contributed by atoms with Crippen molar-refractivity contribution in [2.24, 2.45) is 5.92 Å². The van der Waals surface area contributed by atoms with Crippen molar-refractivity contribution in [3.05, 3.63) is 28.3 Å². The number of fused-ring (bicyclic) bond motifs is 3. The number of aryl methyl sites for hydroxylation is 1. The summed E-state index contributed by atoms with van der Waals surface area (Å²) in [6.45, 7) is 2.30. The molecule has 0 bridgehead atoms. The third-order valence-corrected chi connectivity index (χ3v) is 6.92. The Bertz CT molecular complexity index is 875. The van der Waals surface area contributed by atoms with E-state index >= 15 is 0 Å². The van der Waals surface area contributed by atoms with Crippen LogP contribution >= 0.6 is 34.4 Å². The first-order valence-electron chi connectivity index (χ1n) is 7.78. The Morgan fingerprint density at radius 3 is 3.17 bits per heavy atom. The molecule has 0 aromatic carbocycles. The number of aromatic nitrogens is 3. The van der Waals surface area contributed by atoms with Gasteiger partial charge in [-0.15, -0.1) is 22.7 Å². The van der Waals surface area contributed by atoms with Gasteiger partial charge in [0.2, 0.25) is 5.91 Å². The van der Waals surface area contributed by atoms with Crippen LogP contribution < -0.4 is 5.32 Å². The summed E-state index contributed by atoms with van der Waals surface area (Å²) in [7, 11) is 0. The predicted molar refractivity (Wildman–Crippen MR) is 100 cm³/mol. The van der Waals surface area contributed by atoms with Gasteiger partial charge in [-0.25, -0.2) is 15.0 Å². The second kappa shape index (κ2) is 6.78. The number of thioether (sulfide) groups is 1. The third-order valence-electron chi connectivity index (χ3n) is 4.08. The molecule has 0 spiro atoms. The van der Waals surface area contributed by atoms with Gasteiger partial charge in [-0.3, -0.25) is 4.79 Å². The molecular weight excluding hydrogens is 360 g/mol. The van der Waals surface area contributed by atoms with Gasteiger partial charge in [0.15, 0.2) is 5.13 Å². The molecule has 1 N–H and O–H groups in total. The lowest BCUT2D eigenvalue weighted by Crippen LogP contribution is -2.14. The number of nitrogens with one attached hydrogen (secondary N) is 1. The molecule has 5 nitrogen and oxygen atoms in total. The van der Waals surface area contributed by atoms with Crippen LogP contribution in [0.4, 0.5) is 5.13 Å². The second-order valence-corrected chi connectivity index (χ2v) is 8.83. The lowest BCUT2D eigenvalue weighted by molar-refractivity contribution is -0.113. The van der Waals surface area contributed by atoms with Gasteiger partial charge >= 0.3 is 0 Å². The first kappa shape index (κ1) is 16.0. The van der Waals surface area contributed by atoms with Crippen LogP contribution in [0, 0.1) is 5.92 Å². The van der Waals surface area contributed by atoms with Crippen molar-refractivity contribution < 1.29 is 4.79 Å². The van der Waals surface area contributed by atoms with E-state index in [1.165, 1.54) is 40.0 Å². The van der Waals surface area contributed by atoms with Crippen LogP contribution in [0.15, 0.2) is 22.9 Å². The van der Waals surface area contributed by atoms with Crippen molar-refractivity contribution in [3.63, 3.8) is 0 Å². The van der Waals surface area contributed by atoms with E-state index < -0.39 is 0 Å². The first-order valence-corrected chi connectivity index (χ1v) is 10.5. The molecule has 1 aliphatic rings. The van der Waals surface area contributed by atoms with E-state index in [9.17, 15) is 4.79 Å². The summed E-state index contributed by atoms with van der Waals surface area (Å²) in [6, 6.07) is 0. The third kappa shape index (κ3) is 3.18. The average molecular weight is 377 g/mol. The van der Waals surface area contributed by atoms with Crippen molar-refractivity contribution in [1.82, 2.24) is 15.0 Å². The molecule has 8 heteroatoms. The topological polar surface area (TPSA) is 67.8 Å². The molecule has 3 aromatic rings. The highest BCUT2D eigenvalue weighted by Gasteiger charge is 2.23. The zero-order valence-corrected chi connectivity index (χ0v) is 15.6. The van der Waals surface area contributed by atoms with Crippen molar-refractivity contribution in [1.29, 1.82) is 0 Å². The number of anilines is 1. The molecule has 0 radical (unpaired) electrons. The Labute approximate surface area is 151 Å². The van der Waals surface area contributed by atoms with Gasteiger partial charge in [0.25, 0.3) is 0 Å². The minimum absolute atomic E-state index is 0.0561. The number of rotatable bonds is 4. The van der Waals surface area contributed by atoms with E-state index in [1.54, 1.807) is 23.9 Å². The molecule has 0 saturated carbocycles. The van der Waals surface area contributed by atoms with E-state index in [-0.39, 0.29) is 5.91 Å². The van der Waals surface area contributed by atoms with E-state index in [0.717, 1.165) is 34.0 Å². The van der Waals surface area contributed by atoms with E-state index in [0.29, 0.717) is 10.9 Å². The zero-order chi connectivity index (χ0) is 16.5. The summed E-state index contributed by atoms with van der Waals surface area (Å²) >= 11 is 4.68. The van der Waals surface area contributed by atoms with E-state index in [2.05, 4.69) is 27.2 Å². The standard InChI is InChI=1S/C16H16N4OS3/c1-9-2-3-10-11(6-9)24-15-13(10)14(18-8-19-15)23-7-12(21)20-16-17-4-5-22-16/h4-5,8-9H,2-3,6-7H2,1H3,(H,17,20,21)/t9-/m0/s1. The number of amides is 1. The highest BCUT2D eigenvalue weighted by atomic mass is 32.2. The quantitative estimate of drug-likeness (QED) is 0.550. The number of hydrogen-bond acceptors (Lipinski definition) is 7. The molecule has 0 saturated heterocycles. The van der Waals surface area contributed by atoms with Gasteiger partial charge in [-0.1, -0.05) is 18.7 Å². The van der Waals surface area contributed by atoms with Crippen LogP contribution in [0.2, 0.25) is 0 Å². The van der Waals surface area contributed by atoms with Crippen LogP contribution in [-0.4, -0.2) is 26.6 Å². The van der Waals surface area contributed by atoms with Crippen LogP contribution in [0.1, 0.15) is 23.8 Å². The minimum Gasteiger partial charge on any atom is -0.301 e.